The van der Waals surface area contributed by atoms with E-state index < -0.39 is 5.82 Å². The van der Waals surface area contributed by atoms with E-state index in [-0.39, 0.29) is 17.1 Å². The van der Waals surface area contributed by atoms with E-state index in [1.54, 1.807) is 18.2 Å². The molecule has 0 aliphatic rings. The molecule has 0 saturated heterocycles. The minimum Gasteiger partial charge on any atom is -0.508 e. The molecule has 0 saturated carbocycles. The molecule has 94 valence electrons. The highest BCUT2D eigenvalue weighted by atomic mass is 19.1. The molecule has 2 aromatic rings. The molecule has 0 heterocycles. The van der Waals surface area contributed by atoms with Crippen LogP contribution in [0.15, 0.2) is 42.5 Å². The molecule has 0 unspecified atom stereocenters. The minimum absolute atomic E-state index is 0.0576. The Kier molecular flexibility index (Phi) is 4.89. The van der Waals surface area contributed by atoms with Crippen LogP contribution in [0.1, 0.15) is 11.1 Å². The van der Waals surface area contributed by atoms with Crippen molar-refractivity contribution in [1.82, 2.24) is 0 Å². The Hall–Kier alpha value is -3.05. The van der Waals surface area contributed by atoms with Crippen molar-refractivity contribution in [3.63, 3.8) is 0 Å². The SMILES string of the molecule is N#Cc1ccc(O)cc1.N#Cc1ccc(O)cc1F. The number of nitriles is 2. The predicted molar refractivity (Wildman–Crippen MR) is 65.6 cm³/mol. The second kappa shape index (κ2) is 6.63. The van der Waals surface area contributed by atoms with Crippen LogP contribution in [0.3, 0.4) is 0 Å². The van der Waals surface area contributed by atoms with E-state index in [0.717, 1.165) is 6.07 Å². The number of halogens is 1. The maximum Gasteiger partial charge on any atom is 0.144 e. The van der Waals surface area contributed by atoms with E-state index in [4.69, 9.17) is 20.7 Å². The largest absolute Gasteiger partial charge is 0.508 e. The van der Waals surface area contributed by atoms with Gasteiger partial charge < -0.3 is 10.2 Å². The Balaban J connectivity index is 0.000000191. The third-order valence-electron chi connectivity index (χ3n) is 2.07. The molecule has 2 N–H and O–H groups in total. The molecule has 5 heteroatoms. The van der Waals surface area contributed by atoms with Gasteiger partial charge in [-0.3, -0.25) is 0 Å². The first-order valence-corrected chi connectivity index (χ1v) is 5.14. The standard InChI is InChI=1S/C7H4FNO.C7H5NO/c8-7-3-6(10)2-1-5(7)4-9;8-5-6-1-3-7(9)4-2-6/h1-3,10H;1-4,9H. The molecule has 0 atom stereocenters. The highest BCUT2D eigenvalue weighted by Gasteiger charge is 1.99. The first-order valence-electron chi connectivity index (χ1n) is 5.14. The molecule has 2 aromatic carbocycles. The molecular formula is C14H9FN2O2. The zero-order chi connectivity index (χ0) is 14.3. The van der Waals surface area contributed by atoms with Crippen LogP contribution in [-0.4, -0.2) is 10.2 Å². The number of benzene rings is 2. The van der Waals surface area contributed by atoms with Gasteiger partial charge in [0, 0.05) is 6.07 Å². The lowest BCUT2D eigenvalue weighted by Crippen LogP contribution is -1.80. The molecule has 4 nitrogen and oxygen atoms in total. The van der Waals surface area contributed by atoms with E-state index in [0.29, 0.717) is 5.56 Å². The van der Waals surface area contributed by atoms with Crippen LogP contribution >= 0.6 is 0 Å². The van der Waals surface area contributed by atoms with Crippen molar-refractivity contribution >= 4 is 0 Å². The third kappa shape index (κ3) is 4.37. The van der Waals surface area contributed by atoms with Crippen LogP contribution in [0.4, 0.5) is 4.39 Å². The Labute approximate surface area is 109 Å². The van der Waals surface area contributed by atoms with Gasteiger partial charge in [-0.25, -0.2) is 4.39 Å². The first-order chi connectivity index (χ1) is 9.06. The van der Waals surface area contributed by atoms with Gasteiger partial charge in [-0.1, -0.05) is 0 Å². The number of phenols is 2. The van der Waals surface area contributed by atoms with Gasteiger partial charge in [-0.05, 0) is 36.4 Å². The van der Waals surface area contributed by atoms with Crippen LogP contribution in [-0.2, 0) is 0 Å². The van der Waals surface area contributed by atoms with Crippen molar-refractivity contribution in [1.29, 1.82) is 10.5 Å². The summed E-state index contributed by atoms with van der Waals surface area (Å²) >= 11 is 0. The fraction of sp³-hybridized carbons (Fsp3) is 0. The zero-order valence-corrected chi connectivity index (χ0v) is 9.71. The molecule has 0 amide bonds. The van der Waals surface area contributed by atoms with E-state index in [9.17, 15) is 4.39 Å². The lowest BCUT2D eigenvalue weighted by molar-refractivity contribution is 0.469. The van der Waals surface area contributed by atoms with Crippen LogP contribution in [0.5, 0.6) is 11.5 Å². The quantitative estimate of drug-likeness (QED) is 0.758. The van der Waals surface area contributed by atoms with Gasteiger partial charge in [0.25, 0.3) is 0 Å². The summed E-state index contributed by atoms with van der Waals surface area (Å²) in [4.78, 5) is 0. The fourth-order valence-corrected chi connectivity index (χ4v) is 1.13. The highest BCUT2D eigenvalue weighted by molar-refractivity contribution is 5.35. The van der Waals surface area contributed by atoms with Gasteiger partial charge in [0.1, 0.15) is 23.4 Å². The Morgan fingerprint density at radius 3 is 1.89 bits per heavy atom. The van der Waals surface area contributed by atoms with Crippen molar-refractivity contribution < 1.29 is 14.6 Å². The van der Waals surface area contributed by atoms with Crippen molar-refractivity contribution in [3.8, 4) is 23.6 Å². The summed E-state index contributed by atoms with van der Waals surface area (Å²) in [5, 5.41) is 34.0. The molecule has 0 aromatic heterocycles. The van der Waals surface area contributed by atoms with Crippen LogP contribution in [0.25, 0.3) is 0 Å². The van der Waals surface area contributed by atoms with Crippen LogP contribution in [0.2, 0.25) is 0 Å². The van der Waals surface area contributed by atoms with Crippen molar-refractivity contribution in [2.75, 3.05) is 0 Å². The summed E-state index contributed by atoms with van der Waals surface area (Å²) < 4.78 is 12.5. The summed E-state index contributed by atoms with van der Waals surface area (Å²) in [6, 6.07) is 13.1. The van der Waals surface area contributed by atoms with Gasteiger partial charge >= 0.3 is 0 Å². The molecule has 0 spiro atoms. The molecule has 0 aliphatic heterocycles. The topological polar surface area (TPSA) is 88.0 Å². The third-order valence-corrected chi connectivity index (χ3v) is 2.07. The maximum atomic E-state index is 12.5. The number of phenolic OH excluding ortho intramolecular Hbond substituents is 2. The highest BCUT2D eigenvalue weighted by Crippen LogP contribution is 2.13. The van der Waals surface area contributed by atoms with Crippen molar-refractivity contribution in [2.24, 2.45) is 0 Å². The summed E-state index contributed by atoms with van der Waals surface area (Å²) in [6.45, 7) is 0. The van der Waals surface area contributed by atoms with Crippen molar-refractivity contribution in [2.45, 2.75) is 0 Å². The van der Waals surface area contributed by atoms with Gasteiger partial charge in [-0.15, -0.1) is 0 Å². The van der Waals surface area contributed by atoms with E-state index >= 15 is 0 Å². The Morgan fingerprint density at radius 2 is 1.42 bits per heavy atom. The number of aromatic hydroxyl groups is 2. The van der Waals surface area contributed by atoms with Crippen LogP contribution < -0.4 is 0 Å². The average Bonchev–Trinajstić information content (AvgIpc) is 2.40. The molecule has 0 fully saturated rings. The second-order valence-corrected chi connectivity index (χ2v) is 3.43. The van der Waals surface area contributed by atoms with E-state index in [1.807, 2.05) is 6.07 Å². The van der Waals surface area contributed by atoms with Gasteiger partial charge in [-0.2, -0.15) is 10.5 Å². The zero-order valence-electron chi connectivity index (χ0n) is 9.71. The maximum absolute atomic E-state index is 12.5. The molecule has 19 heavy (non-hydrogen) atoms. The average molecular weight is 256 g/mol. The fourth-order valence-electron chi connectivity index (χ4n) is 1.13. The summed E-state index contributed by atoms with van der Waals surface area (Å²) in [6.07, 6.45) is 0. The number of hydrogen-bond donors (Lipinski definition) is 2. The number of hydrogen-bond acceptors (Lipinski definition) is 4. The summed E-state index contributed by atoms with van der Waals surface area (Å²) in [5.74, 6) is -0.673. The second-order valence-electron chi connectivity index (χ2n) is 3.43. The van der Waals surface area contributed by atoms with E-state index in [2.05, 4.69) is 0 Å². The smallest absolute Gasteiger partial charge is 0.144 e. The molecule has 0 bridgehead atoms. The molecular weight excluding hydrogens is 247 g/mol. The minimum atomic E-state index is -0.692. The van der Waals surface area contributed by atoms with Gasteiger partial charge in [0.2, 0.25) is 0 Å². The predicted octanol–water partition coefficient (Wildman–Crippen LogP) is 2.67. The summed E-state index contributed by atoms with van der Waals surface area (Å²) in [7, 11) is 0. The monoisotopic (exact) mass is 256 g/mol. The molecule has 0 radical (unpaired) electrons. The van der Waals surface area contributed by atoms with Gasteiger partial charge in [0.05, 0.1) is 17.2 Å². The first kappa shape index (κ1) is 14.0. The van der Waals surface area contributed by atoms with Crippen molar-refractivity contribution in [3.05, 3.63) is 59.4 Å². The summed E-state index contributed by atoms with van der Waals surface area (Å²) in [5.41, 5.74) is 0.505. The Morgan fingerprint density at radius 1 is 0.842 bits per heavy atom. The number of nitrogens with zero attached hydrogens (tertiary/aromatic N) is 2. The molecule has 2 rings (SSSR count). The number of rotatable bonds is 0. The van der Waals surface area contributed by atoms with E-state index in [1.165, 1.54) is 24.3 Å². The van der Waals surface area contributed by atoms with Crippen LogP contribution in [0, 0.1) is 28.5 Å². The lowest BCUT2D eigenvalue weighted by atomic mass is 10.2. The van der Waals surface area contributed by atoms with Gasteiger partial charge in [0.15, 0.2) is 0 Å². The lowest BCUT2D eigenvalue weighted by Gasteiger charge is -1.92. The molecule has 0 aliphatic carbocycles. The Bertz CT molecular complexity index is 640. The normalized spacial score (nSPS) is 8.58.